The fourth-order valence-electron chi connectivity index (χ4n) is 1.00. The maximum Gasteiger partial charge on any atom is 0.131 e. The molecule has 0 aliphatic carbocycles. The molecule has 0 aliphatic heterocycles. The second-order valence-corrected chi connectivity index (χ2v) is 5.49. The first-order valence-corrected chi connectivity index (χ1v) is 5.89. The van der Waals surface area contributed by atoms with Crippen molar-refractivity contribution in [1.82, 2.24) is 15.5 Å². The number of rotatable bonds is 4. The summed E-state index contributed by atoms with van der Waals surface area (Å²) < 4.78 is 0. The number of hydrogen-bond acceptors (Lipinski definition) is 4. The summed E-state index contributed by atoms with van der Waals surface area (Å²) >= 11 is 1.71. The monoisotopic (exact) mass is 213 g/mol. The quantitative estimate of drug-likeness (QED) is 0.780. The number of nitrogens with zero attached hydrogens (tertiary/aromatic N) is 2. The van der Waals surface area contributed by atoms with Crippen LogP contribution in [0, 0.1) is 0 Å². The lowest BCUT2D eigenvalue weighted by Crippen LogP contribution is -2.13. The van der Waals surface area contributed by atoms with Gasteiger partial charge in [-0.25, -0.2) is 0 Å². The van der Waals surface area contributed by atoms with Gasteiger partial charge in [0.1, 0.15) is 10.0 Å². The van der Waals surface area contributed by atoms with Gasteiger partial charge in [0.2, 0.25) is 0 Å². The fraction of sp³-hybridized carbons (Fsp3) is 0.800. The lowest BCUT2D eigenvalue weighted by Gasteiger charge is -2.12. The number of nitrogens with one attached hydrogen (secondary N) is 1. The maximum atomic E-state index is 4.19. The molecule has 4 heteroatoms. The van der Waals surface area contributed by atoms with Crippen LogP contribution in [0.3, 0.4) is 0 Å². The van der Waals surface area contributed by atoms with Gasteiger partial charge in [0.05, 0.1) is 0 Å². The summed E-state index contributed by atoms with van der Waals surface area (Å²) in [5.41, 5.74) is 0.126. The zero-order valence-corrected chi connectivity index (χ0v) is 10.2. The molecule has 1 N–H and O–H groups in total. The van der Waals surface area contributed by atoms with E-state index >= 15 is 0 Å². The van der Waals surface area contributed by atoms with Crippen molar-refractivity contribution in [1.29, 1.82) is 0 Å². The average molecular weight is 213 g/mol. The summed E-state index contributed by atoms with van der Waals surface area (Å²) in [6, 6.07) is 0. The molecule has 0 bridgehead atoms. The van der Waals surface area contributed by atoms with E-state index in [1.807, 2.05) is 0 Å². The van der Waals surface area contributed by atoms with Crippen LogP contribution in [0.5, 0.6) is 0 Å². The van der Waals surface area contributed by atoms with Gasteiger partial charge < -0.3 is 5.32 Å². The summed E-state index contributed by atoms with van der Waals surface area (Å²) in [7, 11) is 0. The summed E-state index contributed by atoms with van der Waals surface area (Å²) in [4.78, 5) is 0. The predicted molar refractivity (Wildman–Crippen MR) is 60.6 cm³/mol. The van der Waals surface area contributed by atoms with Crippen molar-refractivity contribution < 1.29 is 0 Å². The van der Waals surface area contributed by atoms with Gasteiger partial charge in [0.25, 0.3) is 0 Å². The van der Waals surface area contributed by atoms with Crippen LogP contribution in [0.15, 0.2) is 0 Å². The van der Waals surface area contributed by atoms with Gasteiger partial charge in [0.15, 0.2) is 0 Å². The van der Waals surface area contributed by atoms with E-state index in [9.17, 15) is 0 Å². The standard InChI is InChI=1S/C10H19N3S/c1-5-6-11-7-8-12-13-9(14-8)10(2,3)4/h11H,5-7H2,1-4H3. The Balaban J connectivity index is 2.51. The van der Waals surface area contributed by atoms with Gasteiger partial charge in [-0.3, -0.25) is 0 Å². The molecule has 1 aromatic heterocycles. The first-order chi connectivity index (χ1) is 6.54. The Morgan fingerprint density at radius 3 is 2.50 bits per heavy atom. The summed E-state index contributed by atoms with van der Waals surface area (Å²) in [6.45, 7) is 10.5. The van der Waals surface area contributed by atoms with E-state index in [4.69, 9.17) is 0 Å². The SMILES string of the molecule is CCCNCc1nnc(C(C)(C)C)s1. The molecule has 14 heavy (non-hydrogen) atoms. The molecule has 0 aromatic carbocycles. The summed E-state index contributed by atoms with van der Waals surface area (Å²) in [6.07, 6.45) is 1.16. The molecule has 80 valence electrons. The van der Waals surface area contributed by atoms with Gasteiger partial charge in [-0.2, -0.15) is 0 Å². The van der Waals surface area contributed by atoms with Crippen LogP contribution < -0.4 is 5.32 Å². The fourth-order valence-corrected chi connectivity index (χ4v) is 1.87. The van der Waals surface area contributed by atoms with E-state index in [1.54, 1.807) is 11.3 Å². The topological polar surface area (TPSA) is 37.8 Å². The Kier molecular flexibility index (Phi) is 4.01. The molecule has 0 saturated heterocycles. The Hall–Kier alpha value is -0.480. The Morgan fingerprint density at radius 1 is 1.29 bits per heavy atom. The van der Waals surface area contributed by atoms with Crippen LogP contribution in [0.2, 0.25) is 0 Å². The third kappa shape index (κ3) is 3.35. The molecule has 1 rings (SSSR count). The average Bonchev–Trinajstić information content (AvgIpc) is 2.52. The first-order valence-electron chi connectivity index (χ1n) is 5.07. The maximum absolute atomic E-state index is 4.19. The Labute approximate surface area is 89.9 Å². The highest BCUT2D eigenvalue weighted by Crippen LogP contribution is 2.24. The minimum absolute atomic E-state index is 0.126. The molecule has 0 aliphatic rings. The summed E-state index contributed by atoms with van der Waals surface area (Å²) in [5, 5.41) is 13.9. The highest BCUT2D eigenvalue weighted by molar-refractivity contribution is 7.11. The van der Waals surface area contributed by atoms with Crippen molar-refractivity contribution >= 4 is 11.3 Å². The molecule has 0 spiro atoms. The predicted octanol–water partition coefficient (Wildman–Crippen LogP) is 2.34. The van der Waals surface area contributed by atoms with Crippen molar-refractivity contribution in [3.05, 3.63) is 10.0 Å². The van der Waals surface area contributed by atoms with Crippen molar-refractivity contribution in [3.63, 3.8) is 0 Å². The van der Waals surface area contributed by atoms with Crippen molar-refractivity contribution in [2.75, 3.05) is 6.54 Å². The molecule has 0 radical (unpaired) electrons. The van der Waals surface area contributed by atoms with E-state index in [0.717, 1.165) is 29.5 Å². The van der Waals surface area contributed by atoms with Crippen molar-refractivity contribution in [3.8, 4) is 0 Å². The molecule has 1 aromatic rings. The minimum atomic E-state index is 0.126. The minimum Gasteiger partial charge on any atom is -0.310 e. The van der Waals surface area contributed by atoms with Crippen LogP contribution in [0.4, 0.5) is 0 Å². The van der Waals surface area contributed by atoms with Gasteiger partial charge in [-0.1, -0.05) is 39.0 Å². The van der Waals surface area contributed by atoms with Gasteiger partial charge in [-0.15, -0.1) is 10.2 Å². The van der Waals surface area contributed by atoms with Gasteiger partial charge in [0, 0.05) is 12.0 Å². The lowest BCUT2D eigenvalue weighted by atomic mass is 9.98. The third-order valence-electron chi connectivity index (χ3n) is 1.81. The second kappa shape index (κ2) is 4.84. The van der Waals surface area contributed by atoms with Crippen molar-refractivity contribution in [2.45, 2.75) is 46.1 Å². The van der Waals surface area contributed by atoms with Crippen molar-refractivity contribution in [2.24, 2.45) is 0 Å². The zero-order valence-electron chi connectivity index (χ0n) is 9.42. The van der Waals surface area contributed by atoms with Crippen LogP contribution in [0.25, 0.3) is 0 Å². The smallest absolute Gasteiger partial charge is 0.131 e. The largest absolute Gasteiger partial charge is 0.310 e. The van der Waals surface area contributed by atoms with Crippen LogP contribution in [-0.2, 0) is 12.0 Å². The number of hydrogen-bond donors (Lipinski definition) is 1. The van der Waals surface area contributed by atoms with E-state index in [0.29, 0.717) is 0 Å². The van der Waals surface area contributed by atoms with Gasteiger partial charge in [-0.05, 0) is 13.0 Å². The molecular formula is C10H19N3S. The molecule has 0 unspecified atom stereocenters. The Morgan fingerprint density at radius 2 is 2.00 bits per heavy atom. The van der Waals surface area contributed by atoms with Crippen LogP contribution in [-0.4, -0.2) is 16.7 Å². The van der Waals surface area contributed by atoms with Gasteiger partial charge >= 0.3 is 0 Å². The highest BCUT2D eigenvalue weighted by Gasteiger charge is 2.18. The number of aromatic nitrogens is 2. The summed E-state index contributed by atoms with van der Waals surface area (Å²) in [5.74, 6) is 0. The molecular weight excluding hydrogens is 194 g/mol. The van der Waals surface area contributed by atoms with E-state index in [1.165, 1.54) is 0 Å². The second-order valence-electron chi connectivity index (χ2n) is 4.43. The lowest BCUT2D eigenvalue weighted by molar-refractivity contribution is 0.577. The molecule has 0 saturated carbocycles. The van der Waals surface area contributed by atoms with E-state index < -0.39 is 0 Å². The van der Waals surface area contributed by atoms with E-state index in [-0.39, 0.29) is 5.41 Å². The zero-order chi connectivity index (χ0) is 10.6. The highest BCUT2D eigenvalue weighted by atomic mass is 32.1. The molecule has 0 fully saturated rings. The van der Waals surface area contributed by atoms with E-state index in [2.05, 4.69) is 43.2 Å². The third-order valence-corrected chi connectivity index (χ3v) is 3.16. The van der Waals surface area contributed by atoms with Crippen LogP contribution in [0.1, 0.15) is 44.1 Å². The van der Waals surface area contributed by atoms with Crippen LogP contribution >= 0.6 is 11.3 Å². The first kappa shape index (κ1) is 11.6. The molecule has 0 amide bonds. The molecule has 0 atom stereocenters. The Bertz CT molecular complexity index is 275. The molecule has 1 heterocycles. The normalized spacial score (nSPS) is 12.0. The molecule has 3 nitrogen and oxygen atoms in total.